The number of fused-ring (bicyclic) bond motifs is 1. The van der Waals surface area contributed by atoms with Gasteiger partial charge in [-0.2, -0.15) is 0 Å². The van der Waals surface area contributed by atoms with Gasteiger partial charge in [-0.05, 0) is 100 Å². The lowest BCUT2D eigenvalue weighted by atomic mass is 9.49. The highest BCUT2D eigenvalue weighted by molar-refractivity contribution is 6.21. The lowest BCUT2D eigenvalue weighted by molar-refractivity contribution is -0.143. The van der Waals surface area contributed by atoms with Gasteiger partial charge in [0.15, 0.2) is 0 Å². The molecule has 0 N–H and O–H groups in total. The van der Waals surface area contributed by atoms with E-state index in [0.29, 0.717) is 36.5 Å². The minimum atomic E-state index is -0.203. The molecule has 2 aromatic rings. The highest BCUT2D eigenvalue weighted by Gasteiger charge is 2.55. The number of hydrogen-bond acceptors (Lipinski definition) is 3. The van der Waals surface area contributed by atoms with Gasteiger partial charge in [-0.25, -0.2) is 0 Å². The lowest BCUT2D eigenvalue weighted by Gasteiger charge is -2.56. The van der Waals surface area contributed by atoms with E-state index in [9.17, 15) is 14.4 Å². The second kappa shape index (κ2) is 8.61. The predicted molar refractivity (Wildman–Crippen MR) is 135 cm³/mol. The number of carbonyl (C=O) groups excluding carboxylic acids is 3. The van der Waals surface area contributed by atoms with Gasteiger partial charge in [0.05, 0.1) is 16.5 Å². The maximum atomic E-state index is 14.2. The van der Waals surface area contributed by atoms with Crippen molar-refractivity contribution >= 4 is 23.4 Å². The van der Waals surface area contributed by atoms with Crippen LogP contribution in [0, 0.1) is 30.1 Å². The number of anilines is 1. The summed E-state index contributed by atoms with van der Waals surface area (Å²) in [7, 11) is 0. The van der Waals surface area contributed by atoms with E-state index in [1.807, 2.05) is 4.90 Å². The molecule has 182 valence electrons. The smallest absolute Gasteiger partial charge is 0.261 e. The van der Waals surface area contributed by atoms with Crippen LogP contribution in [0.4, 0.5) is 5.69 Å². The lowest BCUT2D eigenvalue weighted by Crippen LogP contribution is -2.55. The number of carbonyl (C=O) groups is 3. The monoisotopic (exact) mass is 470 g/mol. The number of imide groups is 1. The number of aryl methyl sites for hydroxylation is 1. The number of hydrogen-bond donors (Lipinski definition) is 0. The average molecular weight is 471 g/mol. The Bertz CT molecular complexity index is 1100. The van der Waals surface area contributed by atoms with E-state index in [-0.39, 0.29) is 17.2 Å². The Morgan fingerprint density at radius 2 is 1.40 bits per heavy atom. The van der Waals surface area contributed by atoms with Crippen molar-refractivity contribution in [1.29, 1.82) is 0 Å². The summed E-state index contributed by atoms with van der Waals surface area (Å²) in [6, 6.07) is 15.3. The molecular formula is C30H34N2O3. The Kier molecular flexibility index (Phi) is 5.54. The molecule has 0 saturated heterocycles. The fraction of sp³-hybridized carbons (Fsp3) is 0.500. The first-order valence-corrected chi connectivity index (χ1v) is 13.3. The fourth-order valence-electron chi connectivity index (χ4n) is 7.71. The molecule has 1 aliphatic heterocycles. The highest BCUT2D eigenvalue weighted by Crippen LogP contribution is 2.60. The molecule has 4 fully saturated rings. The van der Waals surface area contributed by atoms with Crippen LogP contribution in [0.25, 0.3) is 0 Å². The summed E-state index contributed by atoms with van der Waals surface area (Å²) in [6.07, 6.45) is 8.53. The summed E-state index contributed by atoms with van der Waals surface area (Å²) in [5.41, 5.74) is 2.95. The minimum absolute atomic E-state index is 0.192. The summed E-state index contributed by atoms with van der Waals surface area (Å²) >= 11 is 0. The van der Waals surface area contributed by atoms with Gasteiger partial charge in [0, 0.05) is 18.8 Å². The van der Waals surface area contributed by atoms with Crippen LogP contribution in [0.2, 0.25) is 0 Å². The quantitative estimate of drug-likeness (QED) is 0.390. The highest BCUT2D eigenvalue weighted by atomic mass is 16.2. The summed E-state index contributed by atoms with van der Waals surface area (Å²) in [5.74, 6) is 2.06. The second-order valence-corrected chi connectivity index (χ2v) is 11.5. The average Bonchev–Trinajstić information content (AvgIpc) is 3.08. The zero-order valence-corrected chi connectivity index (χ0v) is 20.5. The number of rotatable bonds is 7. The van der Waals surface area contributed by atoms with Crippen molar-refractivity contribution in [3.05, 3.63) is 65.2 Å². The van der Waals surface area contributed by atoms with E-state index in [2.05, 4.69) is 31.2 Å². The molecule has 2 aromatic carbocycles. The third-order valence-electron chi connectivity index (χ3n) is 8.97. The molecule has 0 atom stereocenters. The number of unbranched alkanes of at least 4 members (excludes halogenated alkanes) is 1. The van der Waals surface area contributed by atoms with Crippen LogP contribution in [0.1, 0.15) is 77.6 Å². The molecule has 4 bridgehead atoms. The standard InChI is InChI=1S/C30H34N2O3/c1-20-8-10-24(11-9-20)31(29(35)30-17-21-14-22(18-30)16-23(15-21)19-30)12-4-5-13-32-27(33)25-6-2-3-7-26(25)28(32)34/h2-3,6-11,21-23H,4-5,12-19H2,1H3. The van der Waals surface area contributed by atoms with Gasteiger partial charge in [0.1, 0.15) is 0 Å². The van der Waals surface area contributed by atoms with Gasteiger partial charge >= 0.3 is 0 Å². The molecule has 4 aliphatic carbocycles. The van der Waals surface area contributed by atoms with E-state index in [1.165, 1.54) is 29.7 Å². The van der Waals surface area contributed by atoms with E-state index in [1.54, 1.807) is 24.3 Å². The van der Waals surface area contributed by atoms with Crippen LogP contribution in [-0.4, -0.2) is 35.7 Å². The van der Waals surface area contributed by atoms with Crippen LogP contribution in [0.3, 0.4) is 0 Å². The Hall–Kier alpha value is -2.95. The van der Waals surface area contributed by atoms with Gasteiger partial charge in [-0.3, -0.25) is 19.3 Å². The Morgan fingerprint density at radius 3 is 1.94 bits per heavy atom. The molecule has 3 amide bonds. The molecule has 0 unspecified atom stereocenters. The largest absolute Gasteiger partial charge is 0.312 e. The molecule has 5 aliphatic rings. The van der Waals surface area contributed by atoms with Gasteiger partial charge in [0.25, 0.3) is 11.8 Å². The number of nitrogens with zero attached hydrogens (tertiary/aromatic N) is 2. The zero-order chi connectivity index (χ0) is 24.2. The van der Waals surface area contributed by atoms with E-state index in [0.717, 1.165) is 49.1 Å². The summed E-state index contributed by atoms with van der Waals surface area (Å²) < 4.78 is 0. The molecule has 5 nitrogen and oxygen atoms in total. The fourth-order valence-corrected chi connectivity index (χ4v) is 7.71. The first-order valence-electron chi connectivity index (χ1n) is 13.3. The molecule has 7 rings (SSSR count). The third kappa shape index (κ3) is 3.89. The topological polar surface area (TPSA) is 57.7 Å². The van der Waals surface area contributed by atoms with E-state index < -0.39 is 0 Å². The van der Waals surface area contributed by atoms with Crippen molar-refractivity contribution in [3.63, 3.8) is 0 Å². The van der Waals surface area contributed by atoms with E-state index >= 15 is 0 Å². The number of benzene rings is 2. The van der Waals surface area contributed by atoms with Crippen LogP contribution in [-0.2, 0) is 4.79 Å². The van der Waals surface area contributed by atoms with Crippen molar-refractivity contribution < 1.29 is 14.4 Å². The molecule has 5 heteroatoms. The molecule has 4 saturated carbocycles. The van der Waals surface area contributed by atoms with Crippen LogP contribution >= 0.6 is 0 Å². The minimum Gasteiger partial charge on any atom is -0.312 e. The van der Waals surface area contributed by atoms with Crippen LogP contribution in [0.15, 0.2) is 48.5 Å². The normalized spacial score (nSPS) is 28.5. The number of amides is 3. The molecule has 1 heterocycles. The van der Waals surface area contributed by atoms with Gasteiger partial charge in [-0.1, -0.05) is 29.8 Å². The maximum absolute atomic E-state index is 14.2. The first kappa shape index (κ1) is 22.5. The SMILES string of the molecule is Cc1ccc(N(CCCCN2C(=O)c3ccccc3C2=O)C(=O)C23CC4CC(CC(C4)C2)C3)cc1. The maximum Gasteiger partial charge on any atom is 0.261 e. The van der Waals surface area contributed by atoms with Gasteiger partial charge in [-0.15, -0.1) is 0 Å². The summed E-state index contributed by atoms with van der Waals surface area (Å²) in [5, 5.41) is 0. The molecule has 0 radical (unpaired) electrons. The predicted octanol–water partition coefficient (Wildman–Crippen LogP) is 5.62. The van der Waals surface area contributed by atoms with Crippen molar-refractivity contribution in [2.75, 3.05) is 18.0 Å². The summed E-state index contributed by atoms with van der Waals surface area (Å²) in [4.78, 5) is 43.0. The van der Waals surface area contributed by atoms with Crippen molar-refractivity contribution in [2.45, 2.75) is 58.3 Å². The van der Waals surface area contributed by atoms with E-state index in [4.69, 9.17) is 0 Å². The summed E-state index contributed by atoms with van der Waals surface area (Å²) in [6.45, 7) is 3.07. The molecule has 35 heavy (non-hydrogen) atoms. The van der Waals surface area contributed by atoms with Crippen molar-refractivity contribution in [1.82, 2.24) is 4.90 Å². The Morgan fingerprint density at radius 1 is 0.857 bits per heavy atom. The zero-order valence-electron chi connectivity index (χ0n) is 20.5. The molecule has 0 aromatic heterocycles. The molecular weight excluding hydrogens is 436 g/mol. The second-order valence-electron chi connectivity index (χ2n) is 11.5. The van der Waals surface area contributed by atoms with Crippen LogP contribution in [0.5, 0.6) is 0 Å². The third-order valence-corrected chi connectivity index (χ3v) is 8.97. The first-order chi connectivity index (χ1) is 16.9. The molecule has 0 spiro atoms. The van der Waals surface area contributed by atoms with Crippen molar-refractivity contribution in [2.24, 2.45) is 23.2 Å². The Labute approximate surface area is 207 Å². The van der Waals surface area contributed by atoms with Crippen molar-refractivity contribution in [3.8, 4) is 0 Å². The van der Waals surface area contributed by atoms with Gasteiger partial charge < -0.3 is 4.90 Å². The Balaban J connectivity index is 1.16. The van der Waals surface area contributed by atoms with Gasteiger partial charge in [0.2, 0.25) is 5.91 Å². The van der Waals surface area contributed by atoms with Crippen LogP contribution < -0.4 is 4.90 Å².